The van der Waals surface area contributed by atoms with Crippen molar-refractivity contribution in [2.45, 2.75) is 52.6 Å². The summed E-state index contributed by atoms with van der Waals surface area (Å²) in [6, 6.07) is 4.29. The highest BCUT2D eigenvalue weighted by molar-refractivity contribution is 7.11. The molecule has 0 spiro atoms. The summed E-state index contributed by atoms with van der Waals surface area (Å²) in [5, 5.41) is 5.85. The number of carbonyl (C=O) groups is 1. The smallest absolute Gasteiger partial charge is 0.315 e. The zero-order valence-corrected chi connectivity index (χ0v) is 12.1. The molecule has 1 rings (SSSR count). The number of nitrogens with one attached hydrogen (secondary N) is 2. The zero-order chi connectivity index (χ0) is 13.1. The summed E-state index contributed by atoms with van der Waals surface area (Å²) in [6.45, 7) is 10.0. The Morgan fingerprint density at radius 1 is 1.41 bits per heavy atom. The third kappa shape index (κ3) is 5.73. The molecule has 0 aliphatic carbocycles. The van der Waals surface area contributed by atoms with Gasteiger partial charge in [0.25, 0.3) is 0 Å². The van der Waals surface area contributed by atoms with Crippen LogP contribution in [0.5, 0.6) is 0 Å². The van der Waals surface area contributed by atoms with Gasteiger partial charge in [0, 0.05) is 27.8 Å². The molecule has 1 aromatic heterocycles. The van der Waals surface area contributed by atoms with Crippen LogP contribution in [0.25, 0.3) is 0 Å². The molecule has 96 valence electrons. The Morgan fingerprint density at radius 3 is 2.53 bits per heavy atom. The minimum atomic E-state index is -0.191. The molecule has 1 atom stereocenters. The van der Waals surface area contributed by atoms with Gasteiger partial charge in [0.1, 0.15) is 0 Å². The van der Waals surface area contributed by atoms with Gasteiger partial charge in [0.15, 0.2) is 0 Å². The monoisotopic (exact) mass is 254 g/mol. The van der Waals surface area contributed by atoms with E-state index in [1.165, 1.54) is 9.75 Å². The van der Waals surface area contributed by atoms with Crippen LogP contribution in [0.4, 0.5) is 4.79 Å². The van der Waals surface area contributed by atoms with Crippen LogP contribution in [0.2, 0.25) is 0 Å². The first kappa shape index (κ1) is 14.0. The number of hydrogen-bond acceptors (Lipinski definition) is 2. The Kier molecular flexibility index (Phi) is 4.57. The van der Waals surface area contributed by atoms with Crippen molar-refractivity contribution >= 4 is 17.4 Å². The van der Waals surface area contributed by atoms with Gasteiger partial charge in [-0.3, -0.25) is 0 Å². The molecule has 0 fully saturated rings. The molecule has 0 bridgehead atoms. The lowest BCUT2D eigenvalue weighted by Crippen LogP contribution is -2.49. The largest absolute Gasteiger partial charge is 0.335 e. The van der Waals surface area contributed by atoms with E-state index >= 15 is 0 Å². The molecule has 17 heavy (non-hydrogen) atoms. The van der Waals surface area contributed by atoms with Gasteiger partial charge in [-0.25, -0.2) is 4.79 Å². The summed E-state index contributed by atoms with van der Waals surface area (Å²) in [5.74, 6) is 0. The van der Waals surface area contributed by atoms with Crippen LogP contribution in [-0.4, -0.2) is 17.6 Å². The normalized spacial score (nSPS) is 13.2. The summed E-state index contributed by atoms with van der Waals surface area (Å²) in [6.07, 6.45) is 0.885. The number of rotatable bonds is 3. The van der Waals surface area contributed by atoms with Crippen LogP contribution in [0.3, 0.4) is 0 Å². The van der Waals surface area contributed by atoms with Crippen molar-refractivity contribution < 1.29 is 4.79 Å². The maximum absolute atomic E-state index is 11.6. The second-order valence-corrected chi connectivity index (χ2v) is 6.84. The van der Waals surface area contributed by atoms with Crippen molar-refractivity contribution in [2.24, 2.45) is 0 Å². The molecular weight excluding hydrogens is 232 g/mol. The Hall–Kier alpha value is -1.03. The second kappa shape index (κ2) is 5.54. The van der Waals surface area contributed by atoms with Crippen LogP contribution in [0.1, 0.15) is 37.4 Å². The molecular formula is C13H22N2OS. The average molecular weight is 254 g/mol. The number of urea groups is 1. The van der Waals surface area contributed by atoms with E-state index in [1.807, 2.05) is 27.7 Å². The van der Waals surface area contributed by atoms with Crippen molar-refractivity contribution in [1.82, 2.24) is 10.6 Å². The van der Waals surface area contributed by atoms with Crippen molar-refractivity contribution in [2.75, 3.05) is 0 Å². The fourth-order valence-corrected chi connectivity index (χ4v) is 2.57. The van der Waals surface area contributed by atoms with Gasteiger partial charge in [-0.05, 0) is 46.8 Å². The van der Waals surface area contributed by atoms with E-state index in [2.05, 4.69) is 29.7 Å². The highest BCUT2D eigenvalue weighted by Crippen LogP contribution is 2.16. The summed E-state index contributed by atoms with van der Waals surface area (Å²) in [7, 11) is 0. The minimum absolute atomic E-state index is 0.0988. The SMILES string of the molecule is Cc1ccc(CC(C)NC(=O)NC(C)(C)C)s1. The predicted molar refractivity (Wildman–Crippen MR) is 73.6 cm³/mol. The third-order valence-corrected chi connectivity index (χ3v) is 3.19. The molecule has 0 aromatic carbocycles. The predicted octanol–water partition coefficient (Wildman–Crippen LogP) is 3.09. The molecule has 1 aromatic rings. The highest BCUT2D eigenvalue weighted by Gasteiger charge is 2.15. The van der Waals surface area contributed by atoms with Crippen molar-refractivity contribution in [1.29, 1.82) is 0 Å². The molecule has 0 radical (unpaired) electrons. The van der Waals surface area contributed by atoms with E-state index in [9.17, 15) is 4.79 Å². The van der Waals surface area contributed by atoms with Gasteiger partial charge in [-0.2, -0.15) is 0 Å². The molecule has 0 saturated heterocycles. The fourth-order valence-electron chi connectivity index (χ4n) is 1.55. The first-order chi connectivity index (χ1) is 7.76. The summed E-state index contributed by atoms with van der Waals surface area (Å²) in [4.78, 5) is 14.3. The highest BCUT2D eigenvalue weighted by atomic mass is 32.1. The van der Waals surface area contributed by atoms with Gasteiger partial charge in [0.05, 0.1) is 0 Å². The topological polar surface area (TPSA) is 41.1 Å². The summed E-state index contributed by atoms with van der Waals surface area (Å²) >= 11 is 1.78. The Labute approximate surface area is 108 Å². The lowest BCUT2D eigenvalue weighted by molar-refractivity contribution is 0.229. The quantitative estimate of drug-likeness (QED) is 0.855. The van der Waals surface area contributed by atoms with Crippen LogP contribution in [0, 0.1) is 6.92 Å². The Balaban J connectivity index is 2.39. The molecule has 2 N–H and O–H groups in total. The van der Waals surface area contributed by atoms with Crippen LogP contribution in [-0.2, 0) is 6.42 Å². The molecule has 3 nitrogen and oxygen atoms in total. The van der Waals surface area contributed by atoms with Gasteiger partial charge >= 0.3 is 6.03 Å². The maximum atomic E-state index is 11.6. The van der Waals surface area contributed by atoms with Crippen molar-refractivity contribution in [3.63, 3.8) is 0 Å². The van der Waals surface area contributed by atoms with Gasteiger partial charge in [-0.1, -0.05) is 0 Å². The van der Waals surface area contributed by atoms with E-state index < -0.39 is 0 Å². The fraction of sp³-hybridized carbons (Fsp3) is 0.615. The molecule has 2 amide bonds. The van der Waals surface area contributed by atoms with Crippen LogP contribution < -0.4 is 10.6 Å². The molecule has 4 heteroatoms. The summed E-state index contributed by atoms with van der Waals surface area (Å²) in [5.41, 5.74) is -0.191. The number of aryl methyl sites for hydroxylation is 1. The number of thiophene rings is 1. The van der Waals surface area contributed by atoms with Crippen LogP contribution in [0.15, 0.2) is 12.1 Å². The first-order valence-electron chi connectivity index (χ1n) is 5.90. The van der Waals surface area contributed by atoms with E-state index in [0.29, 0.717) is 0 Å². The Bertz CT molecular complexity index is 379. The summed E-state index contributed by atoms with van der Waals surface area (Å²) < 4.78 is 0. The van der Waals surface area contributed by atoms with Gasteiger partial charge < -0.3 is 10.6 Å². The molecule has 0 saturated carbocycles. The van der Waals surface area contributed by atoms with Crippen LogP contribution >= 0.6 is 11.3 Å². The standard InChI is InChI=1S/C13H22N2OS/c1-9(8-11-7-6-10(2)17-11)14-12(16)15-13(3,4)5/h6-7,9H,8H2,1-5H3,(H2,14,15,16). The lowest BCUT2D eigenvalue weighted by Gasteiger charge is -2.22. The van der Waals surface area contributed by atoms with E-state index in [4.69, 9.17) is 0 Å². The number of carbonyl (C=O) groups excluding carboxylic acids is 1. The molecule has 1 heterocycles. The van der Waals surface area contributed by atoms with E-state index in [1.54, 1.807) is 11.3 Å². The molecule has 1 unspecified atom stereocenters. The molecule has 0 aliphatic heterocycles. The van der Waals surface area contributed by atoms with E-state index in [0.717, 1.165) is 6.42 Å². The Morgan fingerprint density at radius 2 is 2.06 bits per heavy atom. The third-order valence-electron chi connectivity index (χ3n) is 2.17. The minimum Gasteiger partial charge on any atom is -0.335 e. The average Bonchev–Trinajstić information content (AvgIpc) is 2.46. The van der Waals surface area contributed by atoms with Crippen molar-refractivity contribution in [3.05, 3.63) is 21.9 Å². The maximum Gasteiger partial charge on any atom is 0.315 e. The zero-order valence-electron chi connectivity index (χ0n) is 11.3. The number of amides is 2. The number of hydrogen-bond donors (Lipinski definition) is 2. The van der Waals surface area contributed by atoms with Gasteiger partial charge in [0.2, 0.25) is 0 Å². The molecule has 0 aliphatic rings. The second-order valence-electron chi connectivity index (χ2n) is 5.47. The van der Waals surface area contributed by atoms with Crippen molar-refractivity contribution in [3.8, 4) is 0 Å². The van der Waals surface area contributed by atoms with E-state index in [-0.39, 0.29) is 17.6 Å². The first-order valence-corrected chi connectivity index (χ1v) is 6.72. The van der Waals surface area contributed by atoms with Gasteiger partial charge in [-0.15, -0.1) is 11.3 Å². The lowest BCUT2D eigenvalue weighted by atomic mass is 10.1.